The summed E-state index contributed by atoms with van der Waals surface area (Å²) in [6.45, 7) is 2.54. The van der Waals surface area contributed by atoms with Crippen LogP contribution in [0.15, 0.2) is 90.1 Å². The van der Waals surface area contributed by atoms with E-state index < -0.39 is 0 Å². The lowest BCUT2D eigenvalue weighted by Gasteiger charge is -2.09. The summed E-state index contributed by atoms with van der Waals surface area (Å²) in [7, 11) is 0. The average Bonchev–Trinajstić information content (AvgIpc) is 2.83. The Kier molecular flexibility index (Phi) is 6.69. The lowest BCUT2D eigenvalue weighted by atomic mass is 10.0. The predicted molar refractivity (Wildman–Crippen MR) is 124 cm³/mol. The summed E-state index contributed by atoms with van der Waals surface area (Å²) in [4.78, 5) is 17.0. The van der Waals surface area contributed by atoms with Gasteiger partial charge in [-0.3, -0.25) is 4.79 Å². The molecule has 0 atom stereocenters. The van der Waals surface area contributed by atoms with Crippen molar-refractivity contribution in [3.63, 3.8) is 0 Å². The van der Waals surface area contributed by atoms with Gasteiger partial charge in [-0.15, -0.1) is 10.2 Å². The number of carbonyl (C=O) groups is 1. The highest BCUT2D eigenvalue weighted by atomic mass is 32.2. The number of amides is 1. The maximum Gasteiger partial charge on any atom is 0.230 e. The van der Waals surface area contributed by atoms with Gasteiger partial charge in [0, 0.05) is 17.7 Å². The quantitative estimate of drug-likeness (QED) is 0.425. The first-order valence-electron chi connectivity index (χ1n) is 9.99. The fraction of sp³-hybridized carbons (Fsp3) is 0.120. The Morgan fingerprint density at radius 1 is 0.806 bits per heavy atom. The van der Waals surface area contributed by atoms with Gasteiger partial charge in [0.05, 0.1) is 5.75 Å². The van der Waals surface area contributed by atoms with E-state index in [-0.39, 0.29) is 11.7 Å². The zero-order chi connectivity index (χ0) is 21.5. The van der Waals surface area contributed by atoms with Crippen molar-refractivity contribution in [1.29, 1.82) is 0 Å². The van der Waals surface area contributed by atoms with Gasteiger partial charge in [0.25, 0.3) is 0 Å². The van der Waals surface area contributed by atoms with E-state index in [4.69, 9.17) is 4.98 Å². The van der Waals surface area contributed by atoms with E-state index in [2.05, 4.69) is 15.5 Å². The number of nitrogens with one attached hydrogen (secondary N) is 1. The summed E-state index contributed by atoms with van der Waals surface area (Å²) < 4.78 is 0. The Balaban J connectivity index is 1.47. The van der Waals surface area contributed by atoms with Crippen LogP contribution in [0.3, 0.4) is 0 Å². The van der Waals surface area contributed by atoms with Gasteiger partial charge in [0.15, 0.2) is 0 Å². The van der Waals surface area contributed by atoms with Crippen molar-refractivity contribution in [2.24, 2.45) is 0 Å². The second kappa shape index (κ2) is 10.00. The van der Waals surface area contributed by atoms with E-state index >= 15 is 0 Å². The van der Waals surface area contributed by atoms with Gasteiger partial charge in [-0.25, -0.2) is 4.98 Å². The zero-order valence-electron chi connectivity index (χ0n) is 17.2. The standard InChI is InChI=1S/C25H22N4OS/c1-18-12-14-19(15-13-18)16-26-22(30)17-31-25-27-23(20-8-4-2-5-9-20)24(28-29-25)21-10-6-3-7-11-21/h2-15H,16-17H2,1H3,(H,26,30). The minimum Gasteiger partial charge on any atom is -0.351 e. The normalized spacial score (nSPS) is 10.6. The first kappa shape index (κ1) is 20.8. The molecule has 0 fully saturated rings. The molecule has 0 saturated carbocycles. The van der Waals surface area contributed by atoms with Crippen molar-refractivity contribution in [2.45, 2.75) is 18.6 Å². The van der Waals surface area contributed by atoms with E-state index in [1.807, 2.05) is 91.9 Å². The Morgan fingerprint density at radius 2 is 1.42 bits per heavy atom. The molecule has 0 aliphatic rings. The highest BCUT2D eigenvalue weighted by Crippen LogP contribution is 2.29. The molecule has 0 spiro atoms. The predicted octanol–water partition coefficient (Wildman–Crippen LogP) is 4.92. The third kappa shape index (κ3) is 5.55. The van der Waals surface area contributed by atoms with Gasteiger partial charge >= 0.3 is 0 Å². The first-order valence-corrected chi connectivity index (χ1v) is 11.0. The summed E-state index contributed by atoms with van der Waals surface area (Å²) >= 11 is 1.28. The molecule has 0 aliphatic heterocycles. The molecule has 0 saturated heterocycles. The maximum absolute atomic E-state index is 12.3. The molecule has 31 heavy (non-hydrogen) atoms. The molecule has 5 nitrogen and oxygen atoms in total. The number of rotatable bonds is 7. The van der Waals surface area contributed by atoms with Gasteiger partial charge in [0.2, 0.25) is 11.1 Å². The van der Waals surface area contributed by atoms with Crippen LogP contribution < -0.4 is 5.32 Å². The molecule has 6 heteroatoms. The van der Waals surface area contributed by atoms with Gasteiger partial charge in [0.1, 0.15) is 11.4 Å². The molecule has 1 heterocycles. The first-order chi connectivity index (χ1) is 15.2. The zero-order valence-corrected chi connectivity index (χ0v) is 18.0. The molecule has 0 unspecified atom stereocenters. The van der Waals surface area contributed by atoms with E-state index in [9.17, 15) is 4.79 Å². The van der Waals surface area contributed by atoms with Crippen LogP contribution >= 0.6 is 11.8 Å². The number of benzene rings is 3. The molecular formula is C25H22N4OS. The second-order valence-electron chi connectivity index (χ2n) is 7.07. The third-order valence-electron chi connectivity index (χ3n) is 4.70. The Hall–Kier alpha value is -3.51. The number of hydrogen-bond donors (Lipinski definition) is 1. The van der Waals surface area contributed by atoms with E-state index in [0.717, 1.165) is 28.1 Å². The summed E-state index contributed by atoms with van der Waals surface area (Å²) in [5, 5.41) is 12.1. The van der Waals surface area contributed by atoms with Crippen molar-refractivity contribution in [1.82, 2.24) is 20.5 Å². The van der Waals surface area contributed by atoms with Crippen molar-refractivity contribution < 1.29 is 4.79 Å². The van der Waals surface area contributed by atoms with Crippen LogP contribution in [0.5, 0.6) is 0 Å². The monoisotopic (exact) mass is 426 g/mol. The maximum atomic E-state index is 12.3. The number of hydrogen-bond acceptors (Lipinski definition) is 5. The van der Waals surface area contributed by atoms with Crippen molar-refractivity contribution in [3.8, 4) is 22.5 Å². The fourth-order valence-electron chi connectivity index (χ4n) is 3.05. The number of thioether (sulfide) groups is 1. The number of aromatic nitrogens is 3. The molecule has 0 aliphatic carbocycles. The Labute approximate surface area is 186 Å². The van der Waals surface area contributed by atoms with Crippen LogP contribution in [0.25, 0.3) is 22.5 Å². The number of aryl methyl sites for hydroxylation is 1. The largest absolute Gasteiger partial charge is 0.351 e. The van der Waals surface area contributed by atoms with Gasteiger partial charge in [-0.05, 0) is 12.5 Å². The molecule has 0 radical (unpaired) electrons. The van der Waals surface area contributed by atoms with Crippen molar-refractivity contribution in [2.75, 3.05) is 5.75 Å². The summed E-state index contributed by atoms with van der Waals surface area (Å²) in [5.41, 5.74) is 5.66. The van der Waals surface area contributed by atoms with Gasteiger partial charge in [-0.2, -0.15) is 0 Å². The molecule has 3 aromatic carbocycles. The molecule has 154 valence electrons. The van der Waals surface area contributed by atoms with E-state index in [1.54, 1.807) is 0 Å². The number of nitrogens with zero attached hydrogens (tertiary/aromatic N) is 3. The lowest BCUT2D eigenvalue weighted by Crippen LogP contribution is -2.24. The molecule has 1 amide bonds. The van der Waals surface area contributed by atoms with Crippen LogP contribution in [0.4, 0.5) is 0 Å². The minimum atomic E-state index is -0.0671. The van der Waals surface area contributed by atoms with Gasteiger partial charge in [-0.1, -0.05) is 102 Å². The minimum absolute atomic E-state index is 0.0671. The molecule has 4 aromatic rings. The van der Waals surface area contributed by atoms with Crippen molar-refractivity contribution in [3.05, 3.63) is 96.1 Å². The highest BCUT2D eigenvalue weighted by Gasteiger charge is 2.14. The summed E-state index contributed by atoms with van der Waals surface area (Å²) in [5.74, 6) is 0.162. The van der Waals surface area contributed by atoms with Crippen LogP contribution in [0.1, 0.15) is 11.1 Å². The van der Waals surface area contributed by atoms with Crippen LogP contribution in [0, 0.1) is 6.92 Å². The Bertz CT molecular complexity index is 1150. The van der Waals surface area contributed by atoms with E-state index in [1.165, 1.54) is 17.3 Å². The van der Waals surface area contributed by atoms with Crippen LogP contribution in [0.2, 0.25) is 0 Å². The number of carbonyl (C=O) groups excluding carboxylic acids is 1. The summed E-state index contributed by atoms with van der Waals surface area (Å²) in [6, 6.07) is 27.9. The van der Waals surface area contributed by atoms with Crippen LogP contribution in [-0.4, -0.2) is 26.8 Å². The van der Waals surface area contributed by atoms with Crippen LogP contribution in [-0.2, 0) is 11.3 Å². The molecular weight excluding hydrogens is 404 g/mol. The topological polar surface area (TPSA) is 67.8 Å². The summed E-state index contributed by atoms with van der Waals surface area (Å²) in [6.07, 6.45) is 0. The average molecular weight is 427 g/mol. The van der Waals surface area contributed by atoms with E-state index in [0.29, 0.717) is 11.7 Å². The Morgan fingerprint density at radius 3 is 2.06 bits per heavy atom. The van der Waals surface area contributed by atoms with Crippen molar-refractivity contribution >= 4 is 17.7 Å². The lowest BCUT2D eigenvalue weighted by molar-refractivity contribution is -0.118. The SMILES string of the molecule is Cc1ccc(CNC(=O)CSc2nnc(-c3ccccc3)c(-c3ccccc3)n2)cc1. The molecule has 1 N–H and O–H groups in total. The third-order valence-corrected chi connectivity index (χ3v) is 5.54. The smallest absolute Gasteiger partial charge is 0.230 e. The second-order valence-corrected chi connectivity index (χ2v) is 8.02. The van der Waals surface area contributed by atoms with Gasteiger partial charge < -0.3 is 5.32 Å². The molecule has 0 bridgehead atoms. The highest BCUT2D eigenvalue weighted by molar-refractivity contribution is 7.99. The molecule has 4 rings (SSSR count). The fourth-order valence-corrected chi connectivity index (χ4v) is 3.66. The molecule has 1 aromatic heterocycles.